The molecule has 0 bridgehead atoms. The highest BCUT2D eigenvalue weighted by atomic mass is 79.9. The van der Waals surface area contributed by atoms with Crippen molar-refractivity contribution < 1.29 is 0 Å². The van der Waals surface area contributed by atoms with Crippen molar-refractivity contribution in [3.63, 3.8) is 0 Å². The van der Waals surface area contributed by atoms with Crippen LogP contribution in [-0.4, -0.2) is 13.1 Å². The Hall–Kier alpha value is -0.700. The predicted molar refractivity (Wildman–Crippen MR) is 83.2 cm³/mol. The fourth-order valence-electron chi connectivity index (χ4n) is 2.79. The van der Waals surface area contributed by atoms with Crippen LogP contribution in [-0.2, 0) is 0 Å². The van der Waals surface area contributed by atoms with Gasteiger partial charge in [-0.25, -0.2) is 0 Å². The molecule has 1 fully saturated rings. The van der Waals surface area contributed by atoms with Gasteiger partial charge in [0, 0.05) is 23.2 Å². The fourth-order valence-corrected chi connectivity index (χ4v) is 3.43. The maximum Gasteiger partial charge on any atom is 0.0514 e. The highest BCUT2D eigenvalue weighted by Crippen LogP contribution is 2.33. The molecule has 18 heavy (non-hydrogen) atoms. The lowest BCUT2D eigenvalue weighted by atomic mass is 10.1. The minimum absolute atomic E-state index is 0.673. The number of anilines is 2. The van der Waals surface area contributed by atoms with Gasteiger partial charge in [0.1, 0.15) is 0 Å². The zero-order valence-electron chi connectivity index (χ0n) is 11.4. The van der Waals surface area contributed by atoms with E-state index in [2.05, 4.69) is 40.9 Å². The molecule has 1 saturated carbocycles. The maximum atomic E-state index is 5.94. The van der Waals surface area contributed by atoms with Crippen LogP contribution in [0.2, 0.25) is 0 Å². The molecule has 0 radical (unpaired) electrons. The second-order valence-electron chi connectivity index (χ2n) is 5.42. The molecule has 2 rings (SSSR count). The summed E-state index contributed by atoms with van der Waals surface area (Å²) in [6.07, 6.45) is 8.14. The highest BCUT2D eigenvalue weighted by molar-refractivity contribution is 9.10. The zero-order valence-corrected chi connectivity index (χ0v) is 13.0. The zero-order chi connectivity index (χ0) is 13.1. The average molecular weight is 311 g/mol. The maximum absolute atomic E-state index is 5.94. The Labute approximate surface area is 119 Å². The topological polar surface area (TPSA) is 29.3 Å². The van der Waals surface area contributed by atoms with Crippen LogP contribution in [0.15, 0.2) is 16.6 Å². The Morgan fingerprint density at radius 3 is 2.39 bits per heavy atom. The van der Waals surface area contributed by atoms with E-state index in [-0.39, 0.29) is 0 Å². The van der Waals surface area contributed by atoms with Crippen molar-refractivity contribution in [1.29, 1.82) is 0 Å². The van der Waals surface area contributed by atoms with Crippen LogP contribution in [0.3, 0.4) is 0 Å². The molecule has 2 N–H and O–H groups in total. The summed E-state index contributed by atoms with van der Waals surface area (Å²) in [5.41, 5.74) is 9.24. The van der Waals surface area contributed by atoms with Gasteiger partial charge in [-0.1, -0.05) is 25.7 Å². The van der Waals surface area contributed by atoms with Gasteiger partial charge in [-0.15, -0.1) is 0 Å². The van der Waals surface area contributed by atoms with Gasteiger partial charge in [0.25, 0.3) is 0 Å². The third-order valence-corrected chi connectivity index (χ3v) is 4.72. The van der Waals surface area contributed by atoms with Gasteiger partial charge in [-0.2, -0.15) is 0 Å². The fraction of sp³-hybridized carbons (Fsp3) is 0.600. The number of hydrogen-bond acceptors (Lipinski definition) is 2. The van der Waals surface area contributed by atoms with Crippen molar-refractivity contribution in [2.75, 3.05) is 17.7 Å². The van der Waals surface area contributed by atoms with Crippen LogP contribution < -0.4 is 10.6 Å². The molecule has 0 unspecified atom stereocenters. The summed E-state index contributed by atoms with van der Waals surface area (Å²) in [6, 6.07) is 4.90. The molecule has 1 aliphatic rings. The van der Waals surface area contributed by atoms with Gasteiger partial charge in [0.2, 0.25) is 0 Å². The number of nitrogens with two attached hydrogens (primary N) is 1. The Morgan fingerprint density at radius 2 is 1.78 bits per heavy atom. The number of halogens is 1. The van der Waals surface area contributed by atoms with E-state index >= 15 is 0 Å². The first kappa shape index (κ1) is 13.7. The van der Waals surface area contributed by atoms with Crippen molar-refractivity contribution in [2.45, 2.75) is 51.5 Å². The molecule has 1 aromatic carbocycles. The number of hydrogen-bond donors (Lipinski definition) is 1. The Morgan fingerprint density at radius 1 is 1.17 bits per heavy atom. The molecule has 0 aliphatic heterocycles. The predicted octanol–water partition coefficient (Wildman–Crippen LogP) is 4.50. The quantitative estimate of drug-likeness (QED) is 0.643. The van der Waals surface area contributed by atoms with Crippen molar-refractivity contribution in [3.05, 3.63) is 22.2 Å². The van der Waals surface area contributed by atoms with Gasteiger partial charge in [-0.3, -0.25) is 0 Å². The van der Waals surface area contributed by atoms with E-state index < -0.39 is 0 Å². The standard InChI is InChI=1S/C15H23BrN2/c1-11-9-15(13(16)10-14(11)17)18(2)12-7-5-3-4-6-8-12/h9-10,12H,3-8,17H2,1-2H3. The summed E-state index contributed by atoms with van der Waals surface area (Å²) in [5.74, 6) is 0. The SMILES string of the molecule is Cc1cc(N(C)C2CCCCCC2)c(Br)cc1N. The number of nitrogen functional groups attached to an aromatic ring is 1. The minimum Gasteiger partial charge on any atom is -0.398 e. The molecular weight excluding hydrogens is 288 g/mol. The molecule has 1 aliphatic carbocycles. The van der Waals surface area contributed by atoms with Crippen LogP contribution >= 0.6 is 15.9 Å². The monoisotopic (exact) mass is 310 g/mol. The van der Waals surface area contributed by atoms with Crippen molar-refractivity contribution in [1.82, 2.24) is 0 Å². The normalized spacial score (nSPS) is 17.5. The second kappa shape index (κ2) is 5.96. The van der Waals surface area contributed by atoms with Crippen molar-refractivity contribution in [2.24, 2.45) is 0 Å². The third kappa shape index (κ3) is 3.00. The van der Waals surface area contributed by atoms with E-state index in [0.29, 0.717) is 6.04 Å². The average Bonchev–Trinajstić information content (AvgIpc) is 2.61. The summed E-state index contributed by atoms with van der Waals surface area (Å²) in [7, 11) is 2.21. The Bertz CT molecular complexity index is 409. The summed E-state index contributed by atoms with van der Waals surface area (Å²) in [4.78, 5) is 2.43. The number of rotatable bonds is 2. The summed E-state index contributed by atoms with van der Waals surface area (Å²) >= 11 is 3.65. The van der Waals surface area contributed by atoms with Crippen LogP contribution in [0, 0.1) is 6.92 Å². The van der Waals surface area contributed by atoms with Gasteiger partial charge in [0.15, 0.2) is 0 Å². The number of aryl methyl sites for hydroxylation is 1. The lowest BCUT2D eigenvalue weighted by Crippen LogP contribution is -2.31. The summed E-state index contributed by atoms with van der Waals surface area (Å²) < 4.78 is 1.11. The molecule has 2 nitrogen and oxygen atoms in total. The first-order chi connectivity index (χ1) is 8.59. The van der Waals surface area contributed by atoms with Gasteiger partial charge in [-0.05, 0) is 53.4 Å². The number of benzene rings is 1. The first-order valence-electron chi connectivity index (χ1n) is 6.88. The van der Waals surface area contributed by atoms with E-state index in [0.717, 1.165) is 15.7 Å². The summed E-state index contributed by atoms with van der Waals surface area (Å²) in [5, 5.41) is 0. The largest absolute Gasteiger partial charge is 0.398 e. The Kier molecular flexibility index (Phi) is 4.55. The lowest BCUT2D eigenvalue weighted by molar-refractivity contribution is 0.552. The van der Waals surface area contributed by atoms with Crippen LogP contribution in [0.5, 0.6) is 0 Å². The minimum atomic E-state index is 0.673. The van der Waals surface area contributed by atoms with Crippen molar-refractivity contribution >= 4 is 27.3 Å². The van der Waals surface area contributed by atoms with Gasteiger partial charge < -0.3 is 10.6 Å². The second-order valence-corrected chi connectivity index (χ2v) is 6.27. The van der Waals surface area contributed by atoms with E-state index in [1.54, 1.807) is 0 Å². The van der Waals surface area contributed by atoms with Crippen LogP contribution in [0.25, 0.3) is 0 Å². The molecular formula is C15H23BrN2. The molecule has 1 aromatic rings. The van der Waals surface area contributed by atoms with Gasteiger partial charge >= 0.3 is 0 Å². The van der Waals surface area contributed by atoms with E-state index in [9.17, 15) is 0 Å². The van der Waals surface area contributed by atoms with Gasteiger partial charge in [0.05, 0.1) is 5.69 Å². The molecule has 3 heteroatoms. The van der Waals surface area contributed by atoms with E-state index in [1.165, 1.54) is 44.2 Å². The lowest BCUT2D eigenvalue weighted by Gasteiger charge is -2.30. The van der Waals surface area contributed by atoms with Crippen LogP contribution in [0.1, 0.15) is 44.1 Å². The van der Waals surface area contributed by atoms with E-state index in [1.807, 2.05) is 6.07 Å². The van der Waals surface area contributed by atoms with Crippen LogP contribution in [0.4, 0.5) is 11.4 Å². The Balaban J connectivity index is 2.21. The molecule has 100 valence electrons. The highest BCUT2D eigenvalue weighted by Gasteiger charge is 2.19. The smallest absolute Gasteiger partial charge is 0.0514 e. The van der Waals surface area contributed by atoms with E-state index in [4.69, 9.17) is 5.73 Å². The number of nitrogens with zero attached hydrogens (tertiary/aromatic N) is 1. The summed E-state index contributed by atoms with van der Waals surface area (Å²) in [6.45, 7) is 2.08. The molecule has 0 aromatic heterocycles. The molecule has 0 spiro atoms. The first-order valence-corrected chi connectivity index (χ1v) is 7.67. The third-order valence-electron chi connectivity index (χ3n) is 4.09. The molecule has 0 amide bonds. The molecule has 0 heterocycles. The molecule has 0 atom stereocenters. The molecule has 0 saturated heterocycles. The van der Waals surface area contributed by atoms with Crippen molar-refractivity contribution in [3.8, 4) is 0 Å².